The lowest BCUT2D eigenvalue weighted by Gasteiger charge is -2.01. The molecule has 1 atom stereocenters. The molecule has 14 heavy (non-hydrogen) atoms. The highest BCUT2D eigenvalue weighted by Crippen LogP contribution is 1.90. The molecule has 0 aliphatic heterocycles. The van der Waals surface area contributed by atoms with Crippen molar-refractivity contribution in [3.63, 3.8) is 0 Å². The molecule has 0 heterocycles. The smallest absolute Gasteiger partial charge is 0.0265 e. The Morgan fingerprint density at radius 3 is 2.93 bits per heavy atom. The summed E-state index contributed by atoms with van der Waals surface area (Å²) in [5.41, 5.74) is 13.8. The van der Waals surface area contributed by atoms with Gasteiger partial charge in [0.05, 0.1) is 0 Å². The van der Waals surface area contributed by atoms with Gasteiger partial charge in [0.1, 0.15) is 0 Å². The summed E-state index contributed by atoms with van der Waals surface area (Å²) in [4.78, 5) is 0. The first-order valence-electron chi connectivity index (χ1n) is 4.98. The lowest BCUT2D eigenvalue weighted by atomic mass is 10.2. The summed E-state index contributed by atoms with van der Waals surface area (Å²) < 4.78 is 0. The summed E-state index contributed by atoms with van der Waals surface area (Å²) in [7, 11) is 0. The Labute approximate surface area is 86.5 Å². The van der Waals surface area contributed by atoms with Crippen LogP contribution in [0.5, 0.6) is 0 Å². The Morgan fingerprint density at radius 1 is 1.50 bits per heavy atom. The Balaban J connectivity index is 3.36. The van der Waals surface area contributed by atoms with Gasteiger partial charge in [0.15, 0.2) is 0 Å². The van der Waals surface area contributed by atoms with E-state index in [1.807, 2.05) is 18.2 Å². The van der Waals surface area contributed by atoms with Crippen molar-refractivity contribution in [3.8, 4) is 0 Å². The Hall–Kier alpha value is -0.860. The van der Waals surface area contributed by atoms with Crippen LogP contribution in [0.3, 0.4) is 0 Å². The van der Waals surface area contributed by atoms with Crippen LogP contribution < -0.4 is 16.8 Å². The van der Waals surface area contributed by atoms with E-state index in [2.05, 4.69) is 17.6 Å². The first-order chi connectivity index (χ1) is 6.81. The largest absolute Gasteiger partial charge is 0.330 e. The van der Waals surface area contributed by atoms with Crippen LogP contribution in [-0.4, -0.2) is 25.7 Å². The van der Waals surface area contributed by atoms with Gasteiger partial charge in [0, 0.05) is 12.6 Å². The van der Waals surface area contributed by atoms with Gasteiger partial charge in [-0.1, -0.05) is 18.7 Å². The predicted octanol–water partition coefficient (Wildman–Crippen LogP) is 0.540. The average molecular weight is 195 g/mol. The van der Waals surface area contributed by atoms with E-state index < -0.39 is 0 Å². The van der Waals surface area contributed by atoms with E-state index in [1.54, 1.807) is 0 Å². The second-order valence-electron chi connectivity index (χ2n) is 3.08. The van der Waals surface area contributed by atoms with Crippen molar-refractivity contribution in [2.24, 2.45) is 11.5 Å². The van der Waals surface area contributed by atoms with Crippen LogP contribution in [0.25, 0.3) is 0 Å². The van der Waals surface area contributed by atoms with Crippen LogP contribution in [-0.2, 0) is 0 Å². The number of hydrogen-bond donors (Lipinski definition) is 3. The molecule has 0 bridgehead atoms. The van der Waals surface area contributed by atoms with Crippen molar-refractivity contribution in [2.45, 2.75) is 18.9 Å². The Bertz CT molecular complexity index is 193. The Morgan fingerprint density at radius 2 is 2.29 bits per heavy atom. The lowest BCUT2D eigenvalue weighted by Crippen LogP contribution is -2.20. The van der Waals surface area contributed by atoms with Crippen LogP contribution in [0, 0.1) is 0 Å². The van der Waals surface area contributed by atoms with Crippen LogP contribution in [0.2, 0.25) is 0 Å². The number of nitrogens with one attached hydrogen (secondary N) is 1. The van der Waals surface area contributed by atoms with Gasteiger partial charge in [-0.05, 0) is 32.0 Å². The molecule has 0 aromatic heterocycles. The first kappa shape index (κ1) is 13.1. The molecule has 80 valence electrons. The van der Waals surface area contributed by atoms with Gasteiger partial charge in [-0.3, -0.25) is 0 Å². The third-order valence-electron chi connectivity index (χ3n) is 1.74. The van der Waals surface area contributed by atoms with E-state index in [0.29, 0.717) is 0 Å². The van der Waals surface area contributed by atoms with Crippen LogP contribution in [0.15, 0.2) is 30.5 Å². The van der Waals surface area contributed by atoms with Gasteiger partial charge >= 0.3 is 0 Å². The molecule has 0 spiro atoms. The third-order valence-corrected chi connectivity index (χ3v) is 1.74. The number of nitrogens with two attached hydrogens (primary N) is 2. The van der Waals surface area contributed by atoms with Crippen LogP contribution in [0.1, 0.15) is 12.8 Å². The summed E-state index contributed by atoms with van der Waals surface area (Å²) in [5.74, 6) is 0. The monoisotopic (exact) mass is 195 g/mol. The van der Waals surface area contributed by atoms with Gasteiger partial charge < -0.3 is 16.8 Å². The standard InChI is InChI=1S/C11H21N3/c1-2-3-6-11(13)7-4-9-14-10-5-8-12/h3-4,7,11,14H,1,5-6,8-10,12-13H2. The zero-order chi connectivity index (χ0) is 10.6. The second-order valence-corrected chi connectivity index (χ2v) is 3.08. The third kappa shape index (κ3) is 9.23. The minimum atomic E-state index is 0.0700. The normalized spacial score (nSPS) is 12.7. The zero-order valence-electron chi connectivity index (χ0n) is 8.71. The van der Waals surface area contributed by atoms with Gasteiger partial charge in [-0.2, -0.15) is 0 Å². The summed E-state index contributed by atoms with van der Waals surface area (Å²) in [6, 6.07) is 0.0700. The van der Waals surface area contributed by atoms with Crippen molar-refractivity contribution < 1.29 is 0 Å². The van der Waals surface area contributed by atoms with Crippen LogP contribution in [0.4, 0.5) is 0 Å². The quantitative estimate of drug-likeness (QED) is 0.301. The number of rotatable bonds is 8. The molecule has 5 N–H and O–H groups in total. The molecule has 0 radical (unpaired) electrons. The van der Waals surface area contributed by atoms with Crippen molar-refractivity contribution in [2.75, 3.05) is 19.6 Å². The highest BCUT2D eigenvalue weighted by molar-refractivity contribution is 4.96. The summed E-state index contributed by atoms with van der Waals surface area (Å²) in [6.45, 7) is 6.03. The van der Waals surface area contributed by atoms with Crippen LogP contribution >= 0.6 is 0 Å². The molecular weight excluding hydrogens is 174 g/mol. The zero-order valence-corrected chi connectivity index (χ0v) is 8.71. The van der Waals surface area contributed by atoms with Crippen molar-refractivity contribution in [1.82, 2.24) is 5.32 Å². The molecule has 0 aliphatic carbocycles. The molecule has 0 rings (SSSR count). The van der Waals surface area contributed by atoms with E-state index in [-0.39, 0.29) is 6.04 Å². The molecular formula is C11H21N3. The predicted molar refractivity (Wildman–Crippen MR) is 62.0 cm³/mol. The van der Waals surface area contributed by atoms with E-state index in [4.69, 9.17) is 11.5 Å². The maximum absolute atomic E-state index is 5.77. The molecule has 0 aromatic carbocycles. The van der Waals surface area contributed by atoms with E-state index in [0.717, 1.165) is 32.5 Å². The van der Waals surface area contributed by atoms with E-state index in [1.165, 1.54) is 0 Å². The molecule has 1 unspecified atom stereocenters. The van der Waals surface area contributed by atoms with Crippen molar-refractivity contribution in [1.29, 1.82) is 0 Å². The fourth-order valence-electron chi connectivity index (χ4n) is 0.953. The van der Waals surface area contributed by atoms with Gasteiger partial charge in [-0.15, -0.1) is 5.73 Å². The maximum Gasteiger partial charge on any atom is 0.0265 e. The van der Waals surface area contributed by atoms with Crippen molar-refractivity contribution >= 4 is 0 Å². The average Bonchev–Trinajstić information content (AvgIpc) is 2.20. The molecule has 3 nitrogen and oxygen atoms in total. The van der Waals surface area contributed by atoms with Gasteiger partial charge in [0.2, 0.25) is 0 Å². The maximum atomic E-state index is 5.77. The molecule has 3 heteroatoms. The molecule has 0 amide bonds. The minimum absolute atomic E-state index is 0.0700. The highest BCUT2D eigenvalue weighted by atomic mass is 14.8. The fraction of sp³-hybridized carbons (Fsp3) is 0.545. The van der Waals surface area contributed by atoms with E-state index >= 15 is 0 Å². The molecule has 0 fully saturated rings. The fourth-order valence-corrected chi connectivity index (χ4v) is 0.953. The summed E-state index contributed by atoms with van der Waals surface area (Å²) in [6.07, 6.45) is 7.68. The van der Waals surface area contributed by atoms with Crippen molar-refractivity contribution in [3.05, 3.63) is 30.5 Å². The Kier molecular flexibility index (Phi) is 9.59. The topological polar surface area (TPSA) is 64.1 Å². The highest BCUT2D eigenvalue weighted by Gasteiger charge is 1.91. The SMILES string of the molecule is C=C=CCC(N)C=CCNCCCN. The first-order valence-corrected chi connectivity index (χ1v) is 4.98. The molecule has 0 aromatic rings. The lowest BCUT2D eigenvalue weighted by molar-refractivity contribution is 0.697. The minimum Gasteiger partial charge on any atom is -0.330 e. The molecule has 0 aliphatic rings. The number of hydrogen-bond acceptors (Lipinski definition) is 3. The molecule has 0 saturated heterocycles. The van der Waals surface area contributed by atoms with E-state index in [9.17, 15) is 0 Å². The van der Waals surface area contributed by atoms with Gasteiger partial charge in [0.25, 0.3) is 0 Å². The van der Waals surface area contributed by atoms with Gasteiger partial charge in [-0.25, -0.2) is 0 Å². The summed E-state index contributed by atoms with van der Waals surface area (Å²) in [5, 5.41) is 3.24. The molecule has 0 saturated carbocycles. The summed E-state index contributed by atoms with van der Waals surface area (Å²) >= 11 is 0. The second kappa shape index (κ2) is 10.2.